The summed E-state index contributed by atoms with van der Waals surface area (Å²) in [5, 5.41) is 10.8. The van der Waals surface area contributed by atoms with Gasteiger partial charge >= 0.3 is 0 Å². The van der Waals surface area contributed by atoms with Gasteiger partial charge in [0.2, 0.25) is 5.88 Å². The molecule has 38 heavy (non-hydrogen) atoms. The lowest BCUT2D eigenvalue weighted by molar-refractivity contribution is 0.306. The highest BCUT2D eigenvalue weighted by atomic mass is 35.5. The number of ether oxygens (including phenoxy) is 1. The summed E-state index contributed by atoms with van der Waals surface area (Å²) in [6.07, 6.45) is 1.69. The van der Waals surface area contributed by atoms with E-state index in [2.05, 4.69) is 11.1 Å². The molecule has 4 aromatic carbocycles. The summed E-state index contributed by atoms with van der Waals surface area (Å²) in [5.41, 5.74) is 7.02. The van der Waals surface area contributed by atoms with Crippen LogP contribution in [0.3, 0.4) is 0 Å². The fourth-order valence-corrected chi connectivity index (χ4v) is 4.27. The molecule has 0 aliphatic rings. The molecule has 5 aromatic rings. The molecular weight excluding hydrogens is 492 g/mol. The number of rotatable bonds is 7. The van der Waals surface area contributed by atoms with Gasteiger partial charge in [0, 0.05) is 27.9 Å². The highest BCUT2D eigenvalue weighted by Gasteiger charge is 2.22. The molecule has 0 saturated heterocycles. The maximum Gasteiger partial charge on any atom is 0.238 e. The molecule has 1 heterocycles. The molecule has 0 aliphatic heterocycles. The van der Waals surface area contributed by atoms with Crippen molar-refractivity contribution in [2.75, 3.05) is 0 Å². The molecule has 0 unspecified atom stereocenters. The minimum atomic E-state index is 0.276. The van der Waals surface area contributed by atoms with Gasteiger partial charge in [0.15, 0.2) is 0 Å². The van der Waals surface area contributed by atoms with Gasteiger partial charge in [-0.25, -0.2) is 4.99 Å². The maximum atomic E-state index is 10.1. The van der Waals surface area contributed by atoms with Crippen molar-refractivity contribution in [3.8, 4) is 34.3 Å². The van der Waals surface area contributed by atoms with E-state index in [1.165, 1.54) is 0 Å². The first kappa shape index (κ1) is 25.1. The van der Waals surface area contributed by atoms with Crippen molar-refractivity contribution in [2.45, 2.75) is 20.5 Å². The molecule has 5 rings (SSSR count). The lowest BCUT2D eigenvalue weighted by Crippen LogP contribution is -1.96. The van der Waals surface area contributed by atoms with E-state index in [0.29, 0.717) is 23.0 Å². The Morgan fingerprint density at radius 1 is 0.842 bits per heavy atom. The van der Waals surface area contributed by atoms with Crippen molar-refractivity contribution in [1.29, 1.82) is 5.26 Å². The number of hydrogen-bond donors (Lipinski definition) is 0. The monoisotopic (exact) mass is 516 g/mol. The van der Waals surface area contributed by atoms with Crippen LogP contribution in [0.2, 0.25) is 5.02 Å². The van der Waals surface area contributed by atoms with Gasteiger partial charge in [0.1, 0.15) is 29.7 Å². The van der Waals surface area contributed by atoms with E-state index in [9.17, 15) is 5.26 Å². The van der Waals surface area contributed by atoms with Crippen LogP contribution < -0.4 is 4.74 Å². The summed E-state index contributed by atoms with van der Waals surface area (Å²) in [4.78, 5) is 4.58. The average molecular weight is 517 g/mol. The zero-order valence-corrected chi connectivity index (χ0v) is 21.9. The minimum Gasteiger partial charge on any atom is -0.489 e. The van der Waals surface area contributed by atoms with Gasteiger partial charge in [0.25, 0.3) is 0 Å². The largest absolute Gasteiger partial charge is 0.489 e. The second-order valence-corrected chi connectivity index (χ2v) is 9.44. The van der Waals surface area contributed by atoms with Gasteiger partial charge in [-0.2, -0.15) is 5.26 Å². The molecule has 0 saturated carbocycles. The zero-order valence-electron chi connectivity index (χ0n) is 21.1. The molecule has 0 fully saturated rings. The third kappa shape index (κ3) is 5.54. The minimum absolute atomic E-state index is 0.276. The van der Waals surface area contributed by atoms with Gasteiger partial charge in [-0.05, 0) is 55.3 Å². The van der Waals surface area contributed by atoms with E-state index < -0.39 is 0 Å². The first-order valence-electron chi connectivity index (χ1n) is 12.2. The van der Waals surface area contributed by atoms with E-state index in [0.717, 1.165) is 44.7 Å². The first-order valence-corrected chi connectivity index (χ1v) is 12.6. The Hall–Kier alpha value is -4.59. The Kier molecular flexibility index (Phi) is 7.40. The number of hydrogen-bond acceptors (Lipinski definition) is 4. The third-order valence-electron chi connectivity index (χ3n) is 6.22. The van der Waals surface area contributed by atoms with Crippen LogP contribution in [-0.2, 0) is 6.61 Å². The van der Waals surface area contributed by atoms with Crippen molar-refractivity contribution in [1.82, 2.24) is 0 Å². The summed E-state index contributed by atoms with van der Waals surface area (Å²) < 4.78 is 12.1. The van der Waals surface area contributed by atoms with Crippen LogP contribution in [0.15, 0.2) is 106 Å². The van der Waals surface area contributed by atoms with Crippen LogP contribution >= 0.6 is 11.6 Å². The number of nitrogens with zero attached hydrogens (tertiary/aromatic N) is 2. The van der Waals surface area contributed by atoms with Gasteiger partial charge in [-0.1, -0.05) is 89.5 Å². The van der Waals surface area contributed by atoms with Crippen LogP contribution in [0.5, 0.6) is 5.75 Å². The average Bonchev–Trinajstić information content (AvgIpc) is 3.31. The van der Waals surface area contributed by atoms with Crippen LogP contribution in [0.25, 0.3) is 22.5 Å². The van der Waals surface area contributed by atoms with Crippen LogP contribution in [0.1, 0.15) is 27.8 Å². The fraction of sp³-hybridized carbons (Fsp3) is 0.0909. The zero-order chi connectivity index (χ0) is 26.5. The highest BCUT2D eigenvalue weighted by Crippen LogP contribution is 2.42. The Bertz CT molecular complexity index is 1630. The topological polar surface area (TPSA) is 58.5 Å². The van der Waals surface area contributed by atoms with Crippen molar-refractivity contribution in [3.05, 3.63) is 130 Å². The summed E-state index contributed by atoms with van der Waals surface area (Å²) in [6.45, 7) is 4.46. The molecule has 4 nitrogen and oxygen atoms in total. The second kappa shape index (κ2) is 11.2. The summed E-state index contributed by atoms with van der Waals surface area (Å²) in [6, 6.07) is 33.6. The molecule has 0 bridgehead atoms. The van der Waals surface area contributed by atoms with Gasteiger partial charge in [0.05, 0.1) is 0 Å². The second-order valence-electron chi connectivity index (χ2n) is 9.04. The number of aliphatic imine (C=N–C) groups is 1. The van der Waals surface area contributed by atoms with E-state index >= 15 is 0 Å². The quantitative estimate of drug-likeness (QED) is 0.203. The normalized spacial score (nSPS) is 11.0. The van der Waals surface area contributed by atoms with Crippen molar-refractivity contribution < 1.29 is 9.15 Å². The number of nitriles is 1. The van der Waals surface area contributed by atoms with E-state index in [1.54, 1.807) is 6.21 Å². The molecule has 5 heteroatoms. The van der Waals surface area contributed by atoms with Crippen molar-refractivity contribution >= 4 is 23.7 Å². The molecule has 1 aromatic heterocycles. The highest BCUT2D eigenvalue weighted by molar-refractivity contribution is 6.31. The van der Waals surface area contributed by atoms with Crippen LogP contribution in [0.4, 0.5) is 5.88 Å². The Balaban J connectivity index is 1.44. The molecular formula is C33H25ClN2O2. The fourth-order valence-electron chi connectivity index (χ4n) is 4.08. The van der Waals surface area contributed by atoms with Crippen molar-refractivity contribution in [3.63, 3.8) is 0 Å². The maximum absolute atomic E-state index is 10.1. The Morgan fingerprint density at radius 3 is 2.11 bits per heavy atom. The number of furan rings is 1. The summed E-state index contributed by atoms with van der Waals surface area (Å²) in [5.74, 6) is 1.62. The van der Waals surface area contributed by atoms with Crippen molar-refractivity contribution in [2.24, 2.45) is 4.99 Å². The third-order valence-corrected chi connectivity index (χ3v) is 6.59. The molecule has 186 valence electrons. The van der Waals surface area contributed by atoms with Gasteiger partial charge < -0.3 is 9.15 Å². The standard InChI is InChI=1S/C33H25ClN2O2/c1-22-7-13-25(14-8-22)31-29(19-35)33(38-32(31)26-15-9-23(2)10-16-26)36-20-24-11-17-28(18-12-24)37-21-27-5-3-4-6-30(27)34/h3-18,20H,21H2,1-2H3. The SMILES string of the molecule is Cc1ccc(-c2oc(N=Cc3ccc(OCc4ccccc4Cl)cc3)c(C#N)c2-c2ccc(C)cc2)cc1. The number of aryl methyl sites for hydroxylation is 2. The lowest BCUT2D eigenvalue weighted by Gasteiger charge is -2.07. The Morgan fingerprint density at radius 2 is 1.47 bits per heavy atom. The Labute approximate surface area is 227 Å². The van der Waals surface area contributed by atoms with Crippen LogP contribution in [-0.4, -0.2) is 6.21 Å². The molecule has 0 amide bonds. The molecule has 0 radical (unpaired) electrons. The van der Waals surface area contributed by atoms with E-state index in [-0.39, 0.29) is 5.88 Å². The molecule has 0 atom stereocenters. The predicted octanol–water partition coefficient (Wildman–Crippen LogP) is 9.09. The summed E-state index contributed by atoms with van der Waals surface area (Å²) in [7, 11) is 0. The van der Waals surface area contributed by atoms with E-state index in [4.69, 9.17) is 20.8 Å². The lowest BCUT2D eigenvalue weighted by atomic mass is 9.97. The molecule has 0 spiro atoms. The summed E-state index contributed by atoms with van der Waals surface area (Å²) >= 11 is 6.22. The number of halogens is 1. The smallest absolute Gasteiger partial charge is 0.238 e. The molecule has 0 N–H and O–H groups in total. The number of benzene rings is 4. The molecule has 0 aliphatic carbocycles. The van der Waals surface area contributed by atoms with Gasteiger partial charge in [-0.15, -0.1) is 0 Å². The van der Waals surface area contributed by atoms with Gasteiger partial charge in [-0.3, -0.25) is 0 Å². The van der Waals surface area contributed by atoms with E-state index in [1.807, 2.05) is 111 Å². The van der Waals surface area contributed by atoms with Crippen LogP contribution in [0, 0.1) is 25.2 Å². The first-order chi connectivity index (χ1) is 18.5. The predicted molar refractivity (Wildman–Crippen MR) is 153 cm³/mol.